The second-order valence-electron chi connectivity index (χ2n) is 4.60. The zero-order valence-electron chi connectivity index (χ0n) is 10.4. The molecule has 0 unspecified atom stereocenters. The molecule has 2 heterocycles. The van der Waals surface area contributed by atoms with Gasteiger partial charge < -0.3 is 8.83 Å². The van der Waals surface area contributed by atoms with Gasteiger partial charge in [-0.25, -0.2) is 4.98 Å². The van der Waals surface area contributed by atoms with Gasteiger partial charge in [-0.2, -0.15) is 0 Å². The van der Waals surface area contributed by atoms with Crippen LogP contribution in [0.4, 0.5) is 0 Å². The molecule has 3 heteroatoms. The summed E-state index contributed by atoms with van der Waals surface area (Å²) in [7, 11) is 0. The van der Waals surface area contributed by atoms with Gasteiger partial charge in [-0.1, -0.05) is 18.2 Å². The fourth-order valence-electron chi connectivity index (χ4n) is 2.55. The van der Waals surface area contributed by atoms with E-state index in [9.17, 15) is 0 Å². The van der Waals surface area contributed by atoms with Crippen LogP contribution in [0.2, 0.25) is 0 Å². The van der Waals surface area contributed by atoms with E-state index < -0.39 is 0 Å². The maximum absolute atomic E-state index is 5.90. The first-order valence-electron chi connectivity index (χ1n) is 6.15. The monoisotopic (exact) mass is 249 g/mol. The van der Waals surface area contributed by atoms with Gasteiger partial charge in [0.1, 0.15) is 17.4 Å². The van der Waals surface area contributed by atoms with E-state index in [0.717, 1.165) is 33.1 Å². The van der Waals surface area contributed by atoms with Gasteiger partial charge in [0.2, 0.25) is 5.89 Å². The molecule has 4 aromatic rings. The summed E-state index contributed by atoms with van der Waals surface area (Å²) in [6.07, 6.45) is 3.22. The van der Waals surface area contributed by atoms with Gasteiger partial charge in [0, 0.05) is 16.3 Å². The SMILES string of the molecule is Cc1cc(-c2ncco2)cc2oc3ccccc3c12. The van der Waals surface area contributed by atoms with Gasteiger partial charge in [0.05, 0.1) is 6.20 Å². The molecule has 0 atom stereocenters. The Morgan fingerprint density at radius 3 is 2.79 bits per heavy atom. The van der Waals surface area contributed by atoms with Crippen LogP contribution in [-0.2, 0) is 0 Å². The highest BCUT2D eigenvalue weighted by atomic mass is 16.3. The summed E-state index contributed by atoms with van der Waals surface area (Å²) in [6, 6.07) is 12.1. The summed E-state index contributed by atoms with van der Waals surface area (Å²) in [5, 5.41) is 2.31. The van der Waals surface area contributed by atoms with E-state index in [1.54, 1.807) is 12.5 Å². The first-order valence-corrected chi connectivity index (χ1v) is 6.15. The lowest BCUT2D eigenvalue weighted by Gasteiger charge is -2.00. The molecule has 92 valence electrons. The number of aromatic nitrogens is 1. The second kappa shape index (κ2) is 3.72. The highest BCUT2D eigenvalue weighted by molar-refractivity contribution is 6.07. The van der Waals surface area contributed by atoms with Crippen LogP contribution >= 0.6 is 0 Å². The maximum atomic E-state index is 5.90. The molecule has 0 aliphatic rings. The van der Waals surface area contributed by atoms with Crippen LogP contribution in [0.25, 0.3) is 33.4 Å². The fraction of sp³-hybridized carbons (Fsp3) is 0.0625. The predicted molar refractivity (Wildman–Crippen MR) is 74.0 cm³/mol. The topological polar surface area (TPSA) is 39.2 Å². The third-order valence-corrected chi connectivity index (χ3v) is 3.35. The van der Waals surface area contributed by atoms with E-state index in [0.29, 0.717) is 5.89 Å². The normalized spacial score (nSPS) is 11.4. The fourth-order valence-corrected chi connectivity index (χ4v) is 2.55. The van der Waals surface area contributed by atoms with Crippen molar-refractivity contribution in [2.75, 3.05) is 0 Å². The first-order chi connectivity index (χ1) is 9.33. The van der Waals surface area contributed by atoms with Crippen molar-refractivity contribution in [3.8, 4) is 11.5 Å². The summed E-state index contributed by atoms with van der Waals surface area (Å²) in [6.45, 7) is 2.08. The zero-order chi connectivity index (χ0) is 12.8. The molecule has 0 aliphatic heterocycles. The van der Waals surface area contributed by atoms with Crippen LogP contribution in [0.15, 0.2) is 57.7 Å². The summed E-state index contributed by atoms with van der Waals surface area (Å²) in [4.78, 5) is 4.18. The lowest BCUT2D eigenvalue weighted by Crippen LogP contribution is -1.81. The highest BCUT2D eigenvalue weighted by Crippen LogP contribution is 2.34. The third-order valence-electron chi connectivity index (χ3n) is 3.35. The molecule has 19 heavy (non-hydrogen) atoms. The predicted octanol–water partition coefficient (Wildman–Crippen LogP) is 4.55. The van der Waals surface area contributed by atoms with Gasteiger partial charge in [-0.05, 0) is 30.7 Å². The van der Waals surface area contributed by atoms with E-state index in [2.05, 4.69) is 24.0 Å². The smallest absolute Gasteiger partial charge is 0.226 e. The summed E-state index contributed by atoms with van der Waals surface area (Å²) >= 11 is 0. The van der Waals surface area contributed by atoms with E-state index in [-0.39, 0.29) is 0 Å². The van der Waals surface area contributed by atoms with Crippen molar-refractivity contribution >= 4 is 21.9 Å². The lowest BCUT2D eigenvalue weighted by atomic mass is 10.0. The molecule has 3 nitrogen and oxygen atoms in total. The molecule has 0 aliphatic carbocycles. The molecule has 2 aromatic carbocycles. The Kier molecular flexibility index (Phi) is 2.03. The average molecular weight is 249 g/mol. The van der Waals surface area contributed by atoms with Gasteiger partial charge in [0.25, 0.3) is 0 Å². The van der Waals surface area contributed by atoms with Crippen LogP contribution in [0.3, 0.4) is 0 Å². The molecule has 0 saturated heterocycles. The van der Waals surface area contributed by atoms with Gasteiger partial charge in [-0.15, -0.1) is 0 Å². The maximum Gasteiger partial charge on any atom is 0.226 e. The number of nitrogens with zero attached hydrogens (tertiary/aromatic N) is 1. The van der Waals surface area contributed by atoms with Gasteiger partial charge in [0.15, 0.2) is 0 Å². The molecule has 4 rings (SSSR count). The van der Waals surface area contributed by atoms with Crippen molar-refractivity contribution < 1.29 is 8.83 Å². The summed E-state index contributed by atoms with van der Waals surface area (Å²) in [5.74, 6) is 0.616. The Labute approximate surface area is 109 Å². The molecule has 0 spiro atoms. The quantitative estimate of drug-likeness (QED) is 0.496. The van der Waals surface area contributed by atoms with Crippen LogP contribution in [0, 0.1) is 6.92 Å². The van der Waals surface area contributed by atoms with Crippen LogP contribution in [0.5, 0.6) is 0 Å². The first kappa shape index (κ1) is 10.4. The number of benzene rings is 2. The second-order valence-corrected chi connectivity index (χ2v) is 4.60. The van der Waals surface area contributed by atoms with E-state index >= 15 is 0 Å². The molecular formula is C16H11NO2. The number of rotatable bonds is 1. The van der Waals surface area contributed by atoms with Crippen molar-refractivity contribution in [2.45, 2.75) is 6.92 Å². The average Bonchev–Trinajstić information content (AvgIpc) is 3.05. The Morgan fingerprint density at radius 2 is 1.95 bits per heavy atom. The van der Waals surface area contributed by atoms with E-state index in [1.807, 2.05) is 24.3 Å². The Bertz CT molecular complexity index is 872. The molecule has 0 N–H and O–H groups in total. The van der Waals surface area contributed by atoms with Crippen molar-refractivity contribution in [3.05, 3.63) is 54.4 Å². The van der Waals surface area contributed by atoms with Crippen molar-refractivity contribution in [1.82, 2.24) is 4.98 Å². The highest BCUT2D eigenvalue weighted by Gasteiger charge is 2.12. The minimum absolute atomic E-state index is 0.616. The van der Waals surface area contributed by atoms with Gasteiger partial charge >= 0.3 is 0 Å². The Hall–Kier alpha value is -2.55. The van der Waals surface area contributed by atoms with Crippen molar-refractivity contribution in [1.29, 1.82) is 0 Å². The molecule has 0 radical (unpaired) electrons. The molecule has 0 amide bonds. The molecular weight excluding hydrogens is 238 g/mol. The molecule has 0 saturated carbocycles. The summed E-state index contributed by atoms with van der Waals surface area (Å²) in [5.41, 5.74) is 3.88. The largest absolute Gasteiger partial charge is 0.456 e. The Morgan fingerprint density at radius 1 is 1.05 bits per heavy atom. The summed E-state index contributed by atoms with van der Waals surface area (Å²) < 4.78 is 11.2. The zero-order valence-corrected chi connectivity index (χ0v) is 10.4. The number of hydrogen-bond acceptors (Lipinski definition) is 3. The number of fused-ring (bicyclic) bond motifs is 3. The standard InChI is InChI=1S/C16H11NO2/c1-10-8-11(16-17-6-7-18-16)9-14-15(10)12-4-2-3-5-13(12)19-14/h2-9H,1H3. The van der Waals surface area contributed by atoms with Gasteiger partial charge in [-0.3, -0.25) is 0 Å². The molecule has 0 bridgehead atoms. The molecule has 2 aromatic heterocycles. The number of hydrogen-bond donors (Lipinski definition) is 0. The van der Waals surface area contributed by atoms with Crippen molar-refractivity contribution in [3.63, 3.8) is 0 Å². The number of furan rings is 1. The lowest BCUT2D eigenvalue weighted by molar-refractivity contribution is 0.574. The molecule has 0 fully saturated rings. The van der Waals surface area contributed by atoms with E-state index in [1.165, 1.54) is 0 Å². The number of aryl methyl sites for hydroxylation is 1. The van der Waals surface area contributed by atoms with Crippen LogP contribution in [0.1, 0.15) is 5.56 Å². The van der Waals surface area contributed by atoms with Crippen LogP contribution < -0.4 is 0 Å². The Balaban J connectivity index is 2.10. The van der Waals surface area contributed by atoms with Crippen molar-refractivity contribution in [2.24, 2.45) is 0 Å². The van der Waals surface area contributed by atoms with Crippen LogP contribution in [-0.4, -0.2) is 4.98 Å². The number of oxazole rings is 1. The minimum Gasteiger partial charge on any atom is -0.456 e. The number of para-hydroxylation sites is 1. The minimum atomic E-state index is 0.616. The van der Waals surface area contributed by atoms with E-state index in [4.69, 9.17) is 8.83 Å². The third kappa shape index (κ3) is 1.48.